The smallest absolute Gasteiger partial charge is 0.374 e. The molecule has 0 radical (unpaired) electrons. The lowest BCUT2D eigenvalue weighted by atomic mass is 10.1. The zero-order chi connectivity index (χ0) is 18.2. The minimum atomic E-state index is -2.49. The highest BCUT2D eigenvalue weighted by atomic mass is 33.1. The lowest BCUT2D eigenvalue weighted by Gasteiger charge is -2.28. The van der Waals surface area contributed by atoms with Crippen LogP contribution in [0.3, 0.4) is 0 Å². The van der Waals surface area contributed by atoms with E-state index in [0.29, 0.717) is 19.8 Å². The molecule has 0 spiro atoms. The second-order valence-corrected chi connectivity index (χ2v) is 11.5. The maximum absolute atomic E-state index is 5.85. The van der Waals surface area contributed by atoms with Crippen LogP contribution in [0, 0.1) is 0 Å². The van der Waals surface area contributed by atoms with Gasteiger partial charge in [0, 0.05) is 43.4 Å². The van der Waals surface area contributed by atoms with Gasteiger partial charge in [-0.05, 0) is 46.5 Å². The molecule has 1 aliphatic heterocycles. The fraction of sp³-hybridized carbons (Fsp3) is 1.00. The van der Waals surface area contributed by atoms with Gasteiger partial charge in [0.1, 0.15) is 0 Å². The fourth-order valence-corrected chi connectivity index (χ4v) is 8.45. The van der Waals surface area contributed by atoms with Crippen LogP contribution in [-0.2, 0) is 18.1 Å². The summed E-state index contributed by atoms with van der Waals surface area (Å²) in [5, 5.41) is 0.898. The van der Waals surface area contributed by atoms with Gasteiger partial charge in [-0.25, -0.2) is 5.48 Å². The molecule has 0 aromatic rings. The van der Waals surface area contributed by atoms with Crippen LogP contribution >= 0.6 is 21.6 Å². The van der Waals surface area contributed by atoms with E-state index in [1.54, 1.807) is 0 Å². The Labute approximate surface area is 163 Å². The molecule has 25 heavy (non-hydrogen) atoms. The minimum absolute atomic E-state index is 0.633. The normalized spacial score (nSPS) is 18.1. The van der Waals surface area contributed by atoms with Crippen LogP contribution in [0.4, 0.5) is 0 Å². The molecule has 1 heterocycles. The highest BCUT2D eigenvalue weighted by Crippen LogP contribution is 2.39. The second kappa shape index (κ2) is 15.7. The fourth-order valence-electron chi connectivity index (χ4n) is 2.81. The Hall–Kier alpha value is 0.717. The molecule has 8 heteroatoms. The van der Waals surface area contributed by atoms with Crippen molar-refractivity contribution in [3.63, 3.8) is 0 Å². The quantitative estimate of drug-likeness (QED) is 0.162. The van der Waals surface area contributed by atoms with Crippen molar-refractivity contribution in [2.45, 2.75) is 70.6 Å². The summed E-state index contributed by atoms with van der Waals surface area (Å²) in [6, 6.07) is 0.829. The van der Waals surface area contributed by atoms with E-state index in [1.807, 2.05) is 31.6 Å². The Kier molecular flexibility index (Phi) is 15.0. The Morgan fingerprint density at radius 1 is 0.960 bits per heavy atom. The van der Waals surface area contributed by atoms with Gasteiger partial charge in [-0.1, -0.05) is 34.4 Å². The Morgan fingerprint density at radius 3 is 2.28 bits per heavy atom. The van der Waals surface area contributed by atoms with Gasteiger partial charge in [-0.2, -0.15) is 0 Å². The minimum Gasteiger partial charge on any atom is -0.374 e. The van der Waals surface area contributed by atoms with Gasteiger partial charge >= 0.3 is 8.80 Å². The van der Waals surface area contributed by atoms with Crippen molar-refractivity contribution in [1.29, 1.82) is 0 Å². The first-order chi connectivity index (χ1) is 12.3. The first-order valence-corrected chi connectivity index (χ1v) is 14.1. The van der Waals surface area contributed by atoms with Crippen molar-refractivity contribution < 1.29 is 18.1 Å². The van der Waals surface area contributed by atoms with Gasteiger partial charge in [-0.3, -0.25) is 0 Å². The summed E-state index contributed by atoms with van der Waals surface area (Å²) in [6.45, 7) is 9.47. The highest BCUT2D eigenvalue weighted by Gasteiger charge is 2.39. The summed E-state index contributed by atoms with van der Waals surface area (Å²) < 4.78 is 17.5. The van der Waals surface area contributed by atoms with Crippen LogP contribution in [0.25, 0.3) is 0 Å². The van der Waals surface area contributed by atoms with E-state index in [-0.39, 0.29) is 0 Å². The largest absolute Gasteiger partial charge is 0.500 e. The molecule has 0 saturated carbocycles. The van der Waals surface area contributed by atoms with E-state index in [1.165, 1.54) is 31.4 Å². The molecule has 0 aromatic carbocycles. The molecule has 1 N–H and O–H groups in total. The first kappa shape index (κ1) is 23.8. The number of hydroxylamine groups is 1. The van der Waals surface area contributed by atoms with E-state index in [0.717, 1.165) is 37.3 Å². The van der Waals surface area contributed by atoms with Crippen LogP contribution in [0.1, 0.15) is 59.3 Å². The Balaban J connectivity index is 1.98. The highest BCUT2D eigenvalue weighted by molar-refractivity contribution is 8.77. The lowest BCUT2D eigenvalue weighted by molar-refractivity contribution is 0.0359. The number of hydrogen-bond acceptors (Lipinski definition) is 7. The summed E-state index contributed by atoms with van der Waals surface area (Å²) in [4.78, 5) is 5.53. The monoisotopic (exact) mass is 411 g/mol. The Morgan fingerprint density at radius 2 is 1.68 bits per heavy atom. The molecule has 0 amide bonds. The molecule has 0 aliphatic carbocycles. The third kappa shape index (κ3) is 11.2. The molecular weight excluding hydrogens is 374 g/mol. The van der Waals surface area contributed by atoms with E-state index < -0.39 is 8.80 Å². The summed E-state index contributed by atoms with van der Waals surface area (Å²) in [6.07, 6.45) is 7.41. The standard InChI is InChI=1S/C17H37NO4S2Si/c1-4-20-25(21-5-2,22-6-3)16-10-13-18-19-14-9-7-8-11-17-12-15-23-24-17/h17-18H,4-16H2,1-3H3. The van der Waals surface area contributed by atoms with Crippen LogP contribution in [-0.4, -0.2) is 52.8 Å². The topological polar surface area (TPSA) is 49.0 Å². The number of unbranched alkanes of at least 4 members (excludes halogenated alkanes) is 2. The van der Waals surface area contributed by atoms with Crippen LogP contribution in [0.15, 0.2) is 0 Å². The lowest BCUT2D eigenvalue weighted by Crippen LogP contribution is -2.46. The number of hydrogen-bond donors (Lipinski definition) is 1. The summed E-state index contributed by atoms with van der Waals surface area (Å²) >= 11 is 0. The van der Waals surface area contributed by atoms with E-state index in [4.69, 9.17) is 18.1 Å². The maximum atomic E-state index is 5.85. The third-order valence-electron chi connectivity index (χ3n) is 3.96. The second-order valence-electron chi connectivity index (χ2n) is 6.01. The molecule has 1 aliphatic rings. The average molecular weight is 412 g/mol. The van der Waals surface area contributed by atoms with Crippen LogP contribution in [0.5, 0.6) is 0 Å². The van der Waals surface area contributed by atoms with Gasteiger partial charge in [-0.15, -0.1) is 0 Å². The van der Waals surface area contributed by atoms with Crippen molar-refractivity contribution in [1.82, 2.24) is 5.48 Å². The van der Waals surface area contributed by atoms with E-state index in [9.17, 15) is 0 Å². The van der Waals surface area contributed by atoms with Crippen LogP contribution in [0.2, 0.25) is 6.04 Å². The summed E-state index contributed by atoms with van der Waals surface area (Å²) in [7, 11) is 1.61. The Bertz CT molecular complexity index is 293. The number of nitrogens with one attached hydrogen (secondary N) is 1. The first-order valence-electron chi connectivity index (χ1n) is 9.81. The zero-order valence-electron chi connectivity index (χ0n) is 16.2. The van der Waals surface area contributed by atoms with Gasteiger partial charge in [0.15, 0.2) is 0 Å². The van der Waals surface area contributed by atoms with Gasteiger partial charge < -0.3 is 18.1 Å². The molecule has 0 aromatic heterocycles. The van der Waals surface area contributed by atoms with Crippen molar-refractivity contribution in [3.8, 4) is 0 Å². The molecule has 1 atom stereocenters. The van der Waals surface area contributed by atoms with E-state index >= 15 is 0 Å². The maximum Gasteiger partial charge on any atom is 0.500 e. The molecule has 1 unspecified atom stereocenters. The van der Waals surface area contributed by atoms with Crippen molar-refractivity contribution in [2.75, 3.05) is 38.7 Å². The molecule has 1 fully saturated rings. The predicted molar refractivity (Wildman–Crippen MR) is 111 cm³/mol. The van der Waals surface area contributed by atoms with Crippen molar-refractivity contribution >= 4 is 30.4 Å². The summed E-state index contributed by atoms with van der Waals surface area (Å²) in [5.74, 6) is 1.34. The predicted octanol–water partition coefficient (Wildman–Crippen LogP) is 4.66. The van der Waals surface area contributed by atoms with Gasteiger partial charge in [0.25, 0.3) is 0 Å². The molecule has 1 rings (SSSR count). The van der Waals surface area contributed by atoms with Crippen molar-refractivity contribution in [3.05, 3.63) is 0 Å². The van der Waals surface area contributed by atoms with E-state index in [2.05, 4.69) is 16.3 Å². The summed E-state index contributed by atoms with van der Waals surface area (Å²) in [5.41, 5.74) is 3.06. The molecule has 5 nitrogen and oxygen atoms in total. The van der Waals surface area contributed by atoms with Crippen molar-refractivity contribution in [2.24, 2.45) is 0 Å². The van der Waals surface area contributed by atoms with Gasteiger partial charge in [0.2, 0.25) is 0 Å². The number of rotatable bonds is 17. The SMILES string of the molecule is CCO[Si](CCCNOCCCCCC1CCSS1)(OCC)OCC. The van der Waals surface area contributed by atoms with Crippen LogP contribution < -0.4 is 5.48 Å². The zero-order valence-corrected chi connectivity index (χ0v) is 18.9. The molecule has 0 bridgehead atoms. The molecule has 150 valence electrons. The van der Waals surface area contributed by atoms with Gasteiger partial charge in [0.05, 0.1) is 6.61 Å². The third-order valence-corrected chi connectivity index (χ3v) is 10.1. The molecular formula is C17H37NO4S2Si. The average Bonchev–Trinajstić information content (AvgIpc) is 3.11. The molecule has 1 saturated heterocycles.